The molecule has 1 amide bonds. The number of hydrogen-bond donors (Lipinski definition) is 1. The van der Waals surface area contributed by atoms with Crippen LogP contribution in [0.2, 0.25) is 5.02 Å². The summed E-state index contributed by atoms with van der Waals surface area (Å²) in [6, 6.07) is 11.2. The summed E-state index contributed by atoms with van der Waals surface area (Å²) in [5, 5.41) is 10.1. The van der Waals surface area contributed by atoms with E-state index in [9.17, 15) is 9.59 Å². The predicted molar refractivity (Wildman–Crippen MR) is 120 cm³/mol. The molecule has 0 unspecified atom stereocenters. The summed E-state index contributed by atoms with van der Waals surface area (Å²) < 4.78 is 0. The third kappa shape index (κ3) is 3.91. The molecule has 1 aliphatic rings. The second-order valence-corrected chi connectivity index (χ2v) is 9.45. The Bertz CT molecular complexity index is 1050. The Hall–Kier alpha value is -2.16. The number of aromatic nitrogens is 3. The number of rotatable bonds is 6. The molecule has 6 nitrogen and oxygen atoms in total. The topological polar surface area (TPSA) is 79.0 Å². The zero-order valence-electron chi connectivity index (χ0n) is 16.4. The van der Waals surface area contributed by atoms with Gasteiger partial charge in [-0.3, -0.25) is 14.7 Å². The van der Waals surface area contributed by atoms with Crippen molar-refractivity contribution in [2.45, 2.75) is 36.4 Å². The molecule has 2 heterocycles. The first-order valence-electron chi connectivity index (χ1n) is 9.66. The number of hydrogen-bond acceptors (Lipinski definition) is 6. The highest BCUT2D eigenvalue weighted by atomic mass is 35.5. The first kappa shape index (κ1) is 21.1. The monoisotopic (exact) mass is 460 g/mol. The van der Waals surface area contributed by atoms with Crippen LogP contribution in [0.5, 0.6) is 0 Å². The predicted octanol–water partition coefficient (Wildman–Crippen LogP) is 4.78. The fourth-order valence-corrected chi connectivity index (χ4v) is 5.57. The standard InChI is InChI=1S/C21H21ClN4O2S2/c1-26(18(28)13-30-20-23-19(24-25-20)16-9-6-12-29-16)21(11-5-4-10-17(21)27)14-7-2-3-8-15(14)22/h2-3,6-9,12H,4-5,10-11,13H2,1H3,(H,23,24,25)/t21-/m0/s1. The van der Waals surface area contributed by atoms with Crippen LogP contribution >= 0.6 is 34.7 Å². The van der Waals surface area contributed by atoms with Crippen molar-refractivity contribution in [2.75, 3.05) is 12.8 Å². The SMILES string of the molecule is CN(C(=O)CSc1n[nH]c(-c2cccs2)n1)[C@]1(c2ccccc2Cl)CCCCC1=O. The van der Waals surface area contributed by atoms with E-state index in [1.54, 1.807) is 29.4 Å². The van der Waals surface area contributed by atoms with E-state index in [-0.39, 0.29) is 17.4 Å². The zero-order chi connectivity index (χ0) is 21.1. The summed E-state index contributed by atoms with van der Waals surface area (Å²) in [5.41, 5.74) is -0.315. The van der Waals surface area contributed by atoms with Crippen LogP contribution in [-0.4, -0.2) is 44.6 Å². The Morgan fingerprint density at radius 1 is 1.30 bits per heavy atom. The van der Waals surface area contributed by atoms with Gasteiger partial charge < -0.3 is 4.90 Å². The van der Waals surface area contributed by atoms with Crippen molar-refractivity contribution in [3.63, 3.8) is 0 Å². The third-order valence-electron chi connectivity index (χ3n) is 5.46. The second-order valence-electron chi connectivity index (χ2n) is 7.16. The van der Waals surface area contributed by atoms with Crippen molar-refractivity contribution in [3.8, 4) is 10.7 Å². The van der Waals surface area contributed by atoms with Gasteiger partial charge in [-0.05, 0) is 36.8 Å². The Balaban J connectivity index is 1.53. The van der Waals surface area contributed by atoms with Gasteiger partial charge in [0.15, 0.2) is 11.6 Å². The number of Topliss-reactive ketones (excluding diaryl/α,β-unsaturated/α-hetero) is 1. The number of carbonyl (C=O) groups excluding carboxylic acids is 2. The molecule has 0 spiro atoms. The summed E-state index contributed by atoms with van der Waals surface area (Å²) in [7, 11) is 1.70. The molecule has 1 atom stereocenters. The van der Waals surface area contributed by atoms with Crippen LogP contribution in [0.3, 0.4) is 0 Å². The summed E-state index contributed by atoms with van der Waals surface area (Å²) in [5.74, 6) is 0.707. The number of thioether (sulfide) groups is 1. The maximum Gasteiger partial charge on any atom is 0.233 e. The highest BCUT2D eigenvalue weighted by molar-refractivity contribution is 7.99. The lowest BCUT2D eigenvalue weighted by molar-refractivity contribution is -0.146. The summed E-state index contributed by atoms with van der Waals surface area (Å²) in [6.07, 6.45) is 2.73. The van der Waals surface area contributed by atoms with Crippen LogP contribution in [0.4, 0.5) is 0 Å². The number of amides is 1. The van der Waals surface area contributed by atoms with Gasteiger partial charge in [-0.1, -0.05) is 47.6 Å². The number of ketones is 1. The summed E-state index contributed by atoms with van der Waals surface area (Å²) in [6.45, 7) is 0. The fraction of sp³-hybridized carbons (Fsp3) is 0.333. The number of carbonyl (C=O) groups is 2. The van der Waals surface area contributed by atoms with Gasteiger partial charge in [-0.25, -0.2) is 4.98 Å². The van der Waals surface area contributed by atoms with Gasteiger partial charge in [-0.15, -0.1) is 16.4 Å². The van der Waals surface area contributed by atoms with Crippen molar-refractivity contribution in [1.29, 1.82) is 0 Å². The van der Waals surface area contributed by atoms with Gasteiger partial charge in [0.05, 0.1) is 10.6 Å². The Kier molecular flexibility index (Phi) is 6.26. The van der Waals surface area contributed by atoms with Crippen LogP contribution in [0.15, 0.2) is 46.9 Å². The van der Waals surface area contributed by atoms with Crippen LogP contribution in [0, 0.1) is 0 Å². The quantitative estimate of drug-likeness (QED) is 0.536. The third-order valence-corrected chi connectivity index (χ3v) is 7.50. The average Bonchev–Trinajstić information content (AvgIpc) is 3.44. The maximum absolute atomic E-state index is 13.1. The number of nitrogens with zero attached hydrogens (tertiary/aromatic N) is 3. The minimum Gasteiger partial charge on any atom is -0.328 e. The molecular formula is C21H21ClN4O2S2. The fourth-order valence-electron chi connectivity index (χ4n) is 3.90. The molecule has 2 aromatic heterocycles. The van der Waals surface area contributed by atoms with E-state index < -0.39 is 5.54 Å². The highest BCUT2D eigenvalue weighted by Crippen LogP contribution is 2.42. The lowest BCUT2D eigenvalue weighted by Crippen LogP contribution is -2.54. The largest absolute Gasteiger partial charge is 0.328 e. The van der Waals surface area contributed by atoms with E-state index in [4.69, 9.17) is 11.6 Å². The minimum absolute atomic E-state index is 0.0422. The number of thiophene rings is 1. The number of likely N-dealkylation sites (N-methyl/N-ethyl adjacent to an activating group) is 1. The van der Waals surface area contributed by atoms with Crippen molar-refractivity contribution in [2.24, 2.45) is 0 Å². The van der Waals surface area contributed by atoms with Crippen molar-refractivity contribution < 1.29 is 9.59 Å². The molecule has 1 aromatic carbocycles. The number of aromatic amines is 1. The first-order chi connectivity index (χ1) is 14.5. The highest BCUT2D eigenvalue weighted by Gasteiger charge is 2.47. The molecule has 0 radical (unpaired) electrons. The van der Waals surface area contributed by atoms with Gasteiger partial charge in [0, 0.05) is 24.1 Å². The van der Waals surface area contributed by atoms with Crippen LogP contribution in [0.25, 0.3) is 10.7 Å². The molecule has 9 heteroatoms. The van der Waals surface area contributed by atoms with Crippen molar-refractivity contribution >= 4 is 46.4 Å². The molecule has 30 heavy (non-hydrogen) atoms. The lowest BCUT2D eigenvalue weighted by atomic mass is 9.74. The van der Waals surface area contributed by atoms with Crippen LogP contribution in [0.1, 0.15) is 31.2 Å². The van der Waals surface area contributed by atoms with Crippen LogP contribution < -0.4 is 0 Å². The first-order valence-corrected chi connectivity index (χ1v) is 11.9. The smallest absolute Gasteiger partial charge is 0.233 e. The van der Waals surface area contributed by atoms with E-state index in [1.807, 2.05) is 35.7 Å². The lowest BCUT2D eigenvalue weighted by Gasteiger charge is -2.44. The molecule has 0 bridgehead atoms. The Morgan fingerprint density at radius 2 is 2.13 bits per heavy atom. The van der Waals surface area contributed by atoms with Crippen molar-refractivity contribution in [1.82, 2.24) is 20.1 Å². The van der Waals surface area contributed by atoms with E-state index in [1.165, 1.54) is 11.8 Å². The Morgan fingerprint density at radius 3 is 2.87 bits per heavy atom. The van der Waals surface area contributed by atoms with Gasteiger partial charge in [0.2, 0.25) is 11.1 Å². The molecule has 3 aromatic rings. The number of benzene rings is 1. The van der Waals surface area contributed by atoms with Crippen LogP contribution in [-0.2, 0) is 15.1 Å². The zero-order valence-corrected chi connectivity index (χ0v) is 18.8. The molecular weight excluding hydrogens is 440 g/mol. The second kappa shape index (κ2) is 8.91. The van der Waals surface area contributed by atoms with Gasteiger partial charge in [-0.2, -0.15) is 0 Å². The number of halogens is 1. The Labute approximate surface area is 188 Å². The maximum atomic E-state index is 13.1. The molecule has 1 fully saturated rings. The molecule has 156 valence electrons. The number of H-pyrrole nitrogens is 1. The molecule has 1 aliphatic carbocycles. The summed E-state index contributed by atoms with van der Waals surface area (Å²) in [4.78, 5) is 33.3. The van der Waals surface area contributed by atoms with E-state index in [2.05, 4.69) is 15.2 Å². The van der Waals surface area contributed by atoms with Gasteiger partial charge in [0.1, 0.15) is 5.54 Å². The molecule has 1 N–H and O–H groups in total. The average molecular weight is 461 g/mol. The molecule has 1 saturated carbocycles. The van der Waals surface area contributed by atoms with Crippen molar-refractivity contribution in [3.05, 3.63) is 52.4 Å². The minimum atomic E-state index is -1.02. The summed E-state index contributed by atoms with van der Waals surface area (Å²) >= 11 is 9.29. The number of nitrogens with one attached hydrogen (secondary N) is 1. The van der Waals surface area contributed by atoms with E-state index in [0.717, 1.165) is 17.7 Å². The molecule has 0 saturated heterocycles. The van der Waals surface area contributed by atoms with E-state index in [0.29, 0.717) is 34.4 Å². The molecule has 4 rings (SSSR count). The van der Waals surface area contributed by atoms with Gasteiger partial charge >= 0.3 is 0 Å². The molecule has 0 aliphatic heterocycles. The normalized spacial score (nSPS) is 19.1. The van der Waals surface area contributed by atoms with E-state index >= 15 is 0 Å². The van der Waals surface area contributed by atoms with Gasteiger partial charge in [0.25, 0.3) is 0 Å².